The van der Waals surface area contributed by atoms with E-state index in [1.54, 1.807) is 25.3 Å². The zero-order chi connectivity index (χ0) is 22.7. The standard InChI is InChI=1S/C24H22Br2N2O3S/c1-2-31-24(30)21-18-8-9-28(13-15-6-4-3-5-7-15)14-20(18)32-23(21)27-12-16-10-17(25)11-19(26)22(16)29/h3-7,10-12,29H,2,8-9,13-14H2,1H3. The van der Waals surface area contributed by atoms with E-state index >= 15 is 0 Å². The zero-order valence-corrected chi connectivity index (χ0v) is 21.5. The average Bonchev–Trinajstić information content (AvgIpc) is 3.13. The molecule has 32 heavy (non-hydrogen) atoms. The third-order valence-electron chi connectivity index (χ3n) is 5.22. The summed E-state index contributed by atoms with van der Waals surface area (Å²) < 4.78 is 6.73. The van der Waals surface area contributed by atoms with E-state index in [0.29, 0.717) is 27.2 Å². The second-order valence-corrected chi connectivity index (χ2v) is 10.3. The van der Waals surface area contributed by atoms with Crippen molar-refractivity contribution in [3.63, 3.8) is 0 Å². The van der Waals surface area contributed by atoms with Crippen LogP contribution in [0.2, 0.25) is 0 Å². The van der Waals surface area contributed by atoms with Gasteiger partial charge in [0.15, 0.2) is 0 Å². The van der Waals surface area contributed by atoms with Gasteiger partial charge < -0.3 is 9.84 Å². The quantitative estimate of drug-likeness (QED) is 0.269. The van der Waals surface area contributed by atoms with Crippen LogP contribution in [-0.4, -0.2) is 35.3 Å². The van der Waals surface area contributed by atoms with Gasteiger partial charge in [-0.15, -0.1) is 11.3 Å². The number of hydrogen-bond acceptors (Lipinski definition) is 6. The second kappa shape index (κ2) is 10.3. The molecule has 0 bridgehead atoms. The van der Waals surface area contributed by atoms with Crippen molar-refractivity contribution in [2.75, 3.05) is 13.2 Å². The van der Waals surface area contributed by atoms with E-state index in [2.05, 4.69) is 66.0 Å². The van der Waals surface area contributed by atoms with Gasteiger partial charge in [0.25, 0.3) is 0 Å². The van der Waals surface area contributed by atoms with Crippen LogP contribution in [0.3, 0.4) is 0 Å². The molecule has 0 saturated heterocycles. The number of hydrogen-bond donors (Lipinski definition) is 1. The van der Waals surface area contributed by atoms with Crippen molar-refractivity contribution in [2.24, 2.45) is 4.99 Å². The molecule has 0 aliphatic carbocycles. The predicted octanol–water partition coefficient (Wildman–Crippen LogP) is 6.46. The number of phenolic OH excluding ortho intramolecular Hbond substituents is 1. The Morgan fingerprint density at radius 1 is 1.28 bits per heavy atom. The Balaban J connectivity index is 1.65. The molecule has 0 unspecified atom stereocenters. The van der Waals surface area contributed by atoms with Crippen molar-refractivity contribution in [3.8, 4) is 5.75 Å². The molecule has 0 atom stereocenters. The van der Waals surface area contributed by atoms with Gasteiger partial charge in [0.1, 0.15) is 10.8 Å². The molecular weight excluding hydrogens is 556 g/mol. The second-order valence-electron chi connectivity index (χ2n) is 7.43. The van der Waals surface area contributed by atoms with Gasteiger partial charge in [0.05, 0.1) is 16.6 Å². The predicted molar refractivity (Wildman–Crippen MR) is 135 cm³/mol. The van der Waals surface area contributed by atoms with Crippen LogP contribution in [0.15, 0.2) is 56.4 Å². The topological polar surface area (TPSA) is 62.1 Å². The molecule has 166 valence electrons. The molecule has 2 heterocycles. The summed E-state index contributed by atoms with van der Waals surface area (Å²) in [4.78, 5) is 20.9. The van der Waals surface area contributed by atoms with Gasteiger partial charge in [-0.25, -0.2) is 9.79 Å². The summed E-state index contributed by atoms with van der Waals surface area (Å²) in [7, 11) is 0. The van der Waals surface area contributed by atoms with E-state index in [0.717, 1.165) is 41.0 Å². The van der Waals surface area contributed by atoms with E-state index in [4.69, 9.17) is 4.74 Å². The van der Waals surface area contributed by atoms with Crippen LogP contribution in [0.5, 0.6) is 5.75 Å². The number of ether oxygens (including phenoxy) is 1. The number of carbonyl (C=O) groups is 1. The van der Waals surface area contributed by atoms with E-state index in [1.165, 1.54) is 16.9 Å². The molecule has 0 radical (unpaired) electrons. The lowest BCUT2D eigenvalue weighted by Gasteiger charge is -2.27. The molecule has 1 aliphatic heterocycles. The van der Waals surface area contributed by atoms with Crippen LogP contribution < -0.4 is 0 Å². The van der Waals surface area contributed by atoms with Crippen LogP contribution in [0.25, 0.3) is 0 Å². The Morgan fingerprint density at radius 2 is 2.06 bits per heavy atom. The third-order valence-corrected chi connectivity index (χ3v) is 7.41. The number of fused-ring (bicyclic) bond motifs is 1. The van der Waals surface area contributed by atoms with Gasteiger partial charge in [-0.3, -0.25) is 4.90 Å². The van der Waals surface area contributed by atoms with Crippen LogP contribution in [0.1, 0.15) is 38.8 Å². The number of benzene rings is 2. The summed E-state index contributed by atoms with van der Waals surface area (Å²) in [6.45, 7) is 4.62. The Bertz CT molecular complexity index is 1160. The molecule has 2 aromatic carbocycles. The maximum absolute atomic E-state index is 12.8. The molecule has 0 amide bonds. The number of halogens is 2. The molecule has 3 aromatic rings. The van der Waals surface area contributed by atoms with Crippen LogP contribution >= 0.6 is 43.2 Å². The van der Waals surface area contributed by atoms with E-state index < -0.39 is 0 Å². The molecule has 4 rings (SSSR count). The number of aliphatic imine (C=N–C) groups is 1. The van der Waals surface area contributed by atoms with Crippen LogP contribution in [-0.2, 0) is 24.2 Å². The summed E-state index contributed by atoms with van der Waals surface area (Å²) in [5, 5.41) is 11.0. The highest BCUT2D eigenvalue weighted by molar-refractivity contribution is 9.11. The number of nitrogens with zero attached hydrogens (tertiary/aromatic N) is 2. The first-order valence-corrected chi connectivity index (χ1v) is 12.7. The summed E-state index contributed by atoms with van der Waals surface area (Å²) >= 11 is 8.29. The van der Waals surface area contributed by atoms with Crippen molar-refractivity contribution in [1.82, 2.24) is 4.90 Å². The summed E-state index contributed by atoms with van der Waals surface area (Å²) in [5.74, 6) is -0.238. The monoisotopic (exact) mass is 576 g/mol. The number of aromatic hydroxyl groups is 1. The number of thiophene rings is 1. The van der Waals surface area contributed by atoms with E-state index in [1.807, 2.05) is 6.07 Å². The smallest absolute Gasteiger partial charge is 0.341 e. The zero-order valence-electron chi connectivity index (χ0n) is 17.5. The highest BCUT2D eigenvalue weighted by Crippen LogP contribution is 2.40. The Kier molecular flexibility index (Phi) is 7.45. The van der Waals surface area contributed by atoms with Gasteiger partial charge >= 0.3 is 5.97 Å². The highest BCUT2D eigenvalue weighted by atomic mass is 79.9. The molecule has 1 aromatic heterocycles. The first kappa shape index (κ1) is 23.2. The lowest BCUT2D eigenvalue weighted by Crippen LogP contribution is -2.29. The Morgan fingerprint density at radius 3 is 2.81 bits per heavy atom. The first-order chi connectivity index (χ1) is 15.5. The number of carbonyl (C=O) groups excluding carboxylic acids is 1. The van der Waals surface area contributed by atoms with Crippen molar-refractivity contribution in [2.45, 2.75) is 26.4 Å². The van der Waals surface area contributed by atoms with E-state index in [-0.39, 0.29) is 11.7 Å². The normalized spacial score (nSPS) is 14.0. The minimum Gasteiger partial charge on any atom is -0.506 e. The maximum Gasteiger partial charge on any atom is 0.341 e. The Hall–Kier alpha value is -2.00. The van der Waals surface area contributed by atoms with E-state index in [9.17, 15) is 9.90 Å². The fourth-order valence-electron chi connectivity index (χ4n) is 3.74. The van der Waals surface area contributed by atoms with Gasteiger partial charge in [-0.05, 0) is 52.5 Å². The molecule has 5 nitrogen and oxygen atoms in total. The largest absolute Gasteiger partial charge is 0.506 e. The first-order valence-electron chi connectivity index (χ1n) is 10.3. The van der Waals surface area contributed by atoms with Crippen LogP contribution in [0, 0.1) is 0 Å². The lowest BCUT2D eigenvalue weighted by atomic mass is 10.0. The lowest BCUT2D eigenvalue weighted by molar-refractivity contribution is 0.0526. The summed E-state index contributed by atoms with van der Waals surface area (Å²) in [6, 6.07) is 13.9. The van der Waals surface area contributed by atoms with Crippen LogP contribution in [0.4, 0.5) is 5.00 Å². The van der Waals surface area contributed by atoms with Gasteiger partial charge in [0, 0.05) is 40.8 Å². The van der Waals surface area contributed by atoms with Crippen molar-refractivity contribution < 1.29 is 14.6 Å². The summed E-state index contributed by atoms with van der Waals surface area (Å²) in [5.41, 5.74) is 3.41. The Labute approximate surface area is 208 Å². The van der Waals surface area contributed by atoms with Crippen molar-refractivity contribution in [3.05, 3.63) is 78.5 Å². The van der Waals surface area contributed by atoms with Crippen molar-refractivity contribution >= 4 is 60.4 Å². The number of esters is 1. The fourth-order valence-corrected chi connectivity index (χ4v) is 6.22. The van der Waals surface area contributed by atoms with Gasteiger partial charge in [0.2, 0.25) is 0 Å². The molecule has 0 saturated carbocycles. The maximum atomic E-state index is 12.8. The molecular formula is C24H22Br2N2O3S. The van der Waals surface area contributed by atoms with Gasteiger partial charge in [-0.1, -0.05) is 46.3 Å². The summed E-state index contributed by atoms with van der Waals surface area (Å²) in [6.07, 6.45) is 2.36. The minimum atomic E-state index is -0.340. The number of phenols is 1. The molecule has 1 aliphatic rings. The SMILES string of the molecule is CCOC(=O)c1c(N=Cc2cc(Br)cc(Br)c2O)sc2c1CCN(Cc1ccccc1)C2. The molecule has 0 spiro atoms. The minimum absolute atomic E-state index is 0.102. The van der Waals surface area contributed by atoms with Crippen molar-refractivity contribution in [1.29, 1.82) is 0 Å². The third kappa shape index (κ3) is 5.14. The molecule has 0 fully saturated rings. The fraction of sp³-hybridized carbons (Fsp3) is 0.250. The molecule has 1 N–H and O–H groups in total. The average molecular weight is 578 g/mol. The van der Waals surface area contributed by atoms with Gasteiger partial charge in [-0.2, -0.15) is 0 Å². The highest BCUT2D eigenvalue weighted by Gasteiger charge is 2.28. The number of rotatable bonds is 6. The molecule has 8 heteroatoms.